The van der Waals surface area contributed by atoms with Gasteiger partial charge in [-0.05, 0) is 42.0 Å². The zero-order valence-corrected chi connectivity index (χ0v) is 17.4. The van der Waals surface area contributed by atoms with Crippen molar-refractivity contribution < 1.29 is 14.6 Å². The smallest absolute Gasteiger partial charge is 0.319 e. The van der Waals surface area contributed by atoms with E-state index in [9.17, 15) is 5.11 Å². The number of nitrogens with zero attached hydrogens (tertiary/aromatic N) is 3. The molecule has 0 saturated carbocycles. The van der Waals surface area contributed by atoms with Gasteiger partial charge in [-0.25, -0.2) is 4.98 Å². The molecule has 2 aliphatic heterocycles. The zero-order chi connectivity index (χ0) is 20.7. The van der Waals surface area contributed by atoms with Crippen molar-refractivity contribution in [1.82, 2.24) is 14.9 Å². The predicted molar refractivity (Wildman–Crippen MR) is 115 cm³/mol. The Balaban J connectivity index is 1.42. The number of benzene rings is 2. The van der Waals surface area contributed by atoms with Gasteiger partial charge in [0.25, 0.3) is 0 Å². The Bertz CT molecular complexity index is 1050. The van der Waals surface area contributed by atoms with Gasteiger partial charge < -0.3 is 14.6 Å². The van der Waals surface area contributed by atoms with Crippen molar-refractivity contribution in [2.24, 2.45) is 0 Å². The second-order valence-electron chi connectivity index (χ2n) is 8.42. The monoisotopic (exact) mass is 405 g/mol. The molecule has 1 unspecified atom stereocenters. The van der Waals surface area contributed by atoms with Crippen LogP contribution >= 0.6 is 0 Å². The van der Waals surface area contributed by atoms with Gasteiger partial charge in [-0.15, -0.1) is 0 Å². The molecular weight excluding hydrogens is 378 g/mol. The van der Waals surface area contributed by atoms with Gasteiger partial charge in [0, 0.05) is 24.8 Å². The van der Waals surface area contributed by atoms with E-state index in [-0.39, 0.29) is 6.01 Å². The molecule has 2 fully saturated rings. The van der Waals surface area contributed by atoms with Crippen LogP contribution in [-0.4, -0.2) is 46.3 Å². The third kappa shape index (κ3) is 3.20. The Labute approximate surface area is 176 Å². The van der Waals surface area contributed by atoms with Crippen LogP contribution in [0.15, 0.2) is 48.7 Å². The fourth-order valence-electron chi connectivity index (χ4n) is 5.35. The van der Waals surface area contributed by atoms with Crippen molar-refractivity contribution in [3.8, 4) is 11.9 Å². The lowest BCUT2D eigenvalue weighted by Gasteiger charge is -2.44. The quantitative estimate of drug-likeness (QED) is 0.699. The number of hydrogen-bond donors (Lipinski definition) is 1. The standard InChI is InChI=1S/C24H27N3O3/c1-29-22-21(14-25-23(26-22)30-2)24(28)12-18-10-11-19(13-24)27(18)15-17-8-5-7-16-6-3-4-9-20(16)17/h3-9,14,18-19,28H,10-13,15H2,1-2H3/t18-,19+,24?. The minimum absolute atomic E-state index is 0.246. The first-order valence-electron chi connectivity index (χ1n) is 10.5. The van der Waals surface area contributed by atoms with Crippen molar-refractivity contribution in [1.29, 1.82) is 0 Å². The van der Waals surface area contributed by atoms with Gasteiger partial charge in [-0.3, -0.25) is 4.90 Å². The summed E-state index contributed by atoms with van der Waals surface area (Å²) in [5.41, 5.74) is 1.02. The van der Waals surface area contributed by atoms with Crippen molar-refractivity contribution in [3.63, 3.8) is 0 Å². The van der Waals surface area contributed by atoms with Crippen molar-refractivity contribution >= 4 is 10.8 Å². The fraction of sp³-hybridized carbons (Fsp3) is 0.417. The lowest BCUT2D eigenvalue weighted by Crippen LogP contribution is -2.49. The molecule has 3 atom stereocenters. The lowest BCUT2D eigenvalue weighted by atomic mass is 9.81. The molecule has 0 aliphatic carbocycles. The summed E-state index contributed by atoms with van der Waals surface area (Å²) in [7, 11) is 3.09. The number of aromatic nitrogens is 2. The van der Waals surface area contributed by atoms with Gasteiger partial charge in [0.1, 0.15) is 0 Å². The largest absolute Gasteiger partial charge is 0.481 e. The van der Waals surface area contributed by atoms with E-state index in [1.54, 1.807) is 13.3 Å². The molecule has 156 valence electrons. The summed E-state index contributed by atoms with van der Waals surface area (Å²) < 4.78 is 10.6. The third-order valence-corrected chi connectivity index (χ3v) is 6.76. The van der Waals surface area contributed by atoms with Gasteiger partial charge in [-0.1, -0.05) is 42.5 Å². The summed E-state index contributed by atoms with van der Waals surface area (Å²) in [6.45, 7) is 0.906. The van der Waals surface area contributed by atoms with Crippen LogP contribution in [0.4, 0.5) is 0 Å². The minimum atomic E-state index is -0.987. The Hall–Kier alpha value is -2.70. The summed E-state index contributed by atoms with van der Waals surface area (Å²) in [4.78, 5) is 11.1. The molecule has 2 bridgehead atoms. The third-order valence-electron chi connectivity index (χ3n) is 6.76. The number of piperidine rings is 1. The molecule has 6 nitrogen and oxygen atoms in total. The van der Waals surface area contributed by atoms with E-state index >= 15 is 0 Å². The molecular formula is C24H27N3O3. The number of hydrogen-bond acceptors (Lipinski definition) is 6. The highest BCUT2D eigenvalue weighted by Crippen LogP contribution is 2.48. The number of aliphatic hydroxyl groups is 1. The number of ether oxygens (including phenoxy) is 2. The number of methoxy groups -OCH3 is 2. The highest BCUT2D eigenvalue weighted by atomic mass is 16.5. The molecule has 0 radical (unpaired) electrons. The van der Waals surface area contributed by atoms with E-state index in [4.69, 9.17) is 9.47 Å². The first kappa shape index (κ1) is 19.3. The molecule has 2 aliphatic rings. The molecule has 5 rings (SSSR count). The molecule has 0 spiro atoms. The Morgan fingerprint density at radius 1 is 1.03 bits per heavy atom. The van der Waals surface area contributed by atoms with Crippen LogP contribution in [0.1, 0.15) is 36.8 Å². The summed E-state index contributed by atoms with van der Waals surface area (Å²) in [6, 6.07) is 16.0. The summed E-state index contributed by atoms with van der Waals surface area (Å²) in [6.07, 6.45) is 5.15. The molecule has 1 aromatic heterocycles. The van der Waals surface area contributed by atoms with Crippen molar-refractivity contribution in [2.75, 3.05) is 14.2 Å². The van der Waals surface area contributed by atoms with Gasteiger partial charge in [-0.2, -0.15) is 4.98 Å². The Morgan fingerprint density at radius 3 is 2.50 bits per heavy atom. The molecule has 2 aromatic carbocycles. The fourth-order valence-corrected chi connectivity index (χ4v) is 5.35. The SMILES string of the molecule is COc1ncc(C2(O)C[C@H]3CC[C@@H](C2)N3Cc2cccc3ccccc23)c(OC)n1. The first-order valence-corrected chi connectivity index (χ1v) is 10.5. The summed E-state index contributed by atoms with van der Waals surface area (Å²) in [5, 5.41) is 14.2. The average molecular weight is 405 g/mol. The van der Waals surface area contributed by atoms with Crippen LogP contribution in [0.2, 0.25) is 0 Å². The van der Waals surface area contributed by atoms with Crippen LogP contribution in [0.3, 0.4) is 0 Å². The molecule has 3 aromatic rings. The van der Waals surface area contributed by atoms with Gasteiger partial charge in [0.15, 0.2) is 0 Å². The second-order valence-corrected chi connectivity index (χ2v) is 8.42. The van der Waals surface area contributed by atoms with Crippen molar-refractivity contribution in [2.45, 2.75) is 49.9 Å². The topological polar surface area (TPSA) is 67.7 Å². The van der Waals surface area contributed by atoms with Crippen LogP contribution in [-0.2, 0) is 12.1 Å². The normalized spacial score (nSPS) is 26.1. The van der Waals surface area contributed by atoms with E-state index in [0.29, 0.717) is 36.4 Å². The van der Waals surface area contributed by atoms with Crippen LogP contribution in [0.25, 0.3) is 10.8 Å². The van der Waals surface area contributed by atoms with E-state index < -0.39 is 5.60 Å². The molecule has 6 heteroatoms. The minimum Gasteiger partial charge on any atom is -0.481 e. The first-order chi connectivity index (χ1) is 14.6. The lowest BCUT2D eigenvalue weighted by molar-refractivity contribution is -0.0611. The maximum atomic E-state index is 11.6. The molecule has 0 amide bonds. The van der Waals surface area contributed by atoms with E-state index in [2.05, 4.69) is 57.3 Å². The maximum absolute atomic E-state index is 11.6. The van der Waals surface area contributed by atoms with Crippen LogP contribution in [0.5, 0.6) is 11.9 Å². The highest BCUT2D eigenvalue weighted by Gasteiger charge is 2.49. The summed E-state index contributed by atoms with van der Waals surface area (Å²) in [5.74, 6) is 0.395. The van der Waals surface area contributed by atoms with E-state index in [1.807, 2.05) is 0 Å². The van der Waals surface area contributed by atoms with Gasteiger partial charge >= 0.3 is 6.01 Å². The number of rotatable bonds is 5. The molecule has 2 saturated heterocycles. The van der Waals surface area contributed by atoms with E-state index in [1.165, 1.54) is 23.4 Å². The van der Waals surface area contributed by atoms with Gasteiger partial charge in [0.2, 0.25) is 5.88 Å². The molecule has 30 heavy (non-hydrogen) atoms. The average Bonchev–Trinajstić information content (AvgIpc) is 3.02. The second kappa shape index (κ2) is 7.52. The Morgan fingerprint density at radius 2 is 1.77 bits per heavy atom. The maximum Gasteiger partial charge on any atom is 0.319 e. The predicted octanol–water partition coefficient (Wildman–Crippen LogP) is 3.66. The van der Waals surface area contributed by atoms with Crippen LogP contribution in [0, 0.1) is 0 Å². The van der Waals surface area contributed by atoms with Gasteiger partial charge in [0.05, 0.1) is 25.4 Å². The highest BCUT2D eigenvalue weighted by molar-refractivity contribution is 5.85. The van der Waals surface area contributed by atoms with E-state index in [0.717, 1.165) is 19.4 Å². The van der Waals surface area contributed by atoms with Crippen LogP contribution < -0.4 is 9.47 Å². The Kier molecular flexibility index (Phi) is 4.83. The van der Waals surface area contributed by atoms with Crippen molar-refractivity contribution in [3.05, 3.63) is 59.8 Å². The zero-order valence-electron chi connectivity index (χ0n) is 17.4. The molecule has 3 heterocycles. The number of fused-ring (bicyclic) bond motifs is 3. The molecule has 1 N–H and O–H groups in total. The summed E-state index contributed by atoms with van der Waals surface area (Å²) >= 11 is 0.